The van der Waals surface area contributed by atoms with Crippen molar-refractivity contribution in [2.24, 2.45) is 0 Å². The van der Waals surface area contributed by atoms with Crippen LogP contribution in [0.3, 0.4) is 0 Å². The van der Waals surface area contributed by atoms with Gasteiger partial charge in [-0.25, -0.2) is 4.68 Å². The molecule has 80 valence electrons. The molecule has 1 aromatic carbocycles. The van der Waals surface area contributed by atoms with Gasteiger partial charge in [0.25, 0.3) is 0 Å². The molecule has 0 radical (unpaired) electrons. The first-order valence-electron chi connectivity index (χ1n) is 4.85. The van der Waals surface area contributed by atoms with Gasteiger partial charge in [-0.05, 0) is 38.1 Å². The van der Waals surface area contributed by atoms with Gasteiger partial charge in [-0.1, -0.05) is 11.6 Å². The highest BCUT2D eigenvalue weighted by molar-refractivity contribution is 6.32. The summed E-state index contributed by atoms with van der Waals surface area (Å²) in [5, 5.41) is 13.6. The Bertz CT molecular complexity index is 578. The highest BCUT2D eigenvalue weighted by Gasteiger charge is 2.08. The van der Waals surface area contributed by atoms with Gasteiger partial charge in [0.05, 0.1) is 28.0 Å². The Morgan fingerprint density at radius 2 is 2.06 bits per heavy atom. The Labute approximate surface area is 98.9 Å². The summed E-state index contributed by atoms with van der Waals surface area (Å²) in [5.74, 6) is 0. The minimum Gasteiger partial charge on any atom is -0.236 e. The Hall–Kier alpha value is -1.79. The topological polar surface area (TPSA) is 41.6 Å². The fourth-order valence-corrected chi connectivity index (χ4v) is 1.88. The zero-order valence-corrected chi connectivity index (χ0v) is 9.78. The summed E-state index contributed by atoms with van der Waals surface area (Å²) in [4.78, 5) is 0. The summed E-state index contributed by atoms with van der Waals surface area (Å²) in [6, 6.07) is 9.22. The molecule has 0 fully saturated rings. The highest BCUT2D eigenvalue weighted by atomic mass is 35.5. The van der Waals surface area contributed by atoms with E-state index in [-0.39, 0.29) is 0 Å². The van der Waals surface area contributed by atoms with Gasteiger partial charge in [0.2, 0.25) is 0 Å². The van der Waals surface area contributed by atoms with Crippen LogP contribution in [0.1, 0.15) is 17.0 Å². The van der Waals surface area contributed by atoms with E-state index in [0.717, 1.165) is 17.1 Å². The first-order valence-corrected chi connectivity index (χ1v) is 5.23. The third-order valence-electron chi connectivity index (χ3n) is 2.31. The van der Waals surface area contributed by atoms with Crippen LogP contribution in [0.5, 0.6) is 0 Å². The van der Waals surface area contributed by atoms with Crippen LogP contribution in [-0.4, -0.2) is 9.78 Å². The van der Waals surface area contributed by atoms with Crippen LogP contribution in [0, 0.1) is 25.2 Å². The van der Waals surface area contributed by atoms with Crippen molar-refractivity contribution >= 4 is 11.6 Å². The summed E-state index contributed by atoms with van der Waals surface area (Å²) in [5.41, 5.74) is 3.31. The van der Waals surface area contributed by atoms with E-state index in [1.54, 1.807) is 22.9 Å². The first-order chi connectivity index (χ1) is 7.61. The SMILES string of the molecule is Cc1cc(C)n(-c2ccc(C#N)cc2Cl)n1. The molecule has 0 bridgehead atoms. The molecule has 0 saturated heterocycles. The van der Waals surface area contributed by atoms with Gasteiger partial charge in [-0.3, -0.25) is 0 Å². The molecule has 0 aliphatic rings. The third-order valence-corrected chi connectivity index (χ3v) is 2.62. The van der Waals surface area contributed by atoms with Crippen molar-refractivity contribution in [3.63, 3.8) is 0 Å². The minimum atomic E-state index is 0.533. The van der Waals surface area contributed by atoms with E-state index in [0.29, 0.717) is 10.6 Å². The van der Waals surface area contributed by atoms with E-state index in [2.05, 4.69) is 11.2 Å². The molecule has 16 heavy (non-hydrogen) atoms. The Morgan fingerprint density at radius 1 is 1.31 bits per heavy atom. The maximum absolute atomic E-state index is 8.75. The van der Waals surface area contributed by atoms with Crippen molar-refractivity contribution < 1.29 is 0 Å². The van der Waals surface area contributed by atoms with E-state index in [9.17, 15) is 0 Å². The second-order valence-corrected chi connectivity index (χ2v) is 4.02. The van der Waals surface area contributed by atoms with E-state index < -0.39 is 0 Å². The fraction of sp³-hybridized carbons (Fsp3) is 0.167. The standard InChI is InChI=1S/C12H10ClN3/c1-8-5-9(2)16(15-8)12-4-3-10(7-14)6-11(12)13/h3-6H,1-2H3. The molecule has 0 N–H and O–H groups in total. The van der Waals surface area contributed by atoms with Crippen LogP contribution >= 0.6 is 11.6 Å². The first kappa shape index (κ1) is 10.7. The van der Waals surface area contributed by atoms with Crippen LogP contribution in [0.4, 0.5) is 0 Å². The van der Waals surface area contributed by atoms with Crippen molar-refractivity contribution in [2.45, 2.75) is 13.8 Å². The number of rotatable bonds is 1. The lowest BCUT2D eigenvalue weighted by Gasteiger charge is -2.06. The quantitative estimate of drug-likeness (QED) is 0.757. The second-order valence-electron chi connectivity index (χ2n) is 3.62. The van der Waals surface area contributed by atoms with Gasteiger partial charge in [0.1, 0.15) is 0 Å². The molecular formula is C12H10ClN3. The van der Waals surface area contributed by atoms with Crippen LogP contribution in [0.15, 0.2) is 24.3 Å². The van der Waals surface area contributed by atoms with Crippen molar-refractivity contribution in [3.8, 4) is 11.8 Å². The largest absolute Gasteiger partial charge is 0.236 e. The van der Waals surface area contributed by atoms with E-state index >= 15 is 0 Å². The van der Waals surface area contributed by atoms with Crippen LogP contribution in [-0.2, 0) is 0 Å². The summed E-state index contributed by atoms with van der Waals surface area (Å²) < 4.78 is 1.78. The normalized spacial score (nSPS) is 10.1. The lowest BCUT2D eigenvalue weighted by atomic mass is 10.2. The van der Waals surface area contributed by atoms with Gasteiger partial charge in [0, 0.05) is 5.69 Å². The molecule has 0 saturated carbocycles. The Balaban J connectivity index is 2.57. The molecule has 0 atom stereocenters. The Morgan fingerprint density at radius 3 is 2.56 bits per heavy atom. The molecule has 2 rings (SSSR count). The molecule has 2 aromatic rings. The van der Waals surface area contributed by atoms with Gasteiger partial charge < -0.3 is 0 Å². The van der Waals surface area contributed by atoms with Crippen LogP contribution < -0.4 is 0 Å². The summed E-state index contributed by atoms with van der Waals surface area (Å²) >= 11 is 6.11. The van der Waals surface area contributed by atoms with E-state index in [4.69, 9.17) is 16.9 Å². The molecule has 1 aromatic heterocycles. The molecule has 1 heterocycles. The predicted molar refractivity (Wildman–Crippen MR) is 62.8 cm³/mol. The number of halogens is 1. The highest BCUT2D eigenvalue weighted by Crippen LogP contribution is 2.22. The van der Waals surface area contributed by atoms with E-state index in [1.165, 1.54) is 0 Å². The molecule has 4 heteroatoms. The number of aryl methyl sites for hydroxylation is 2. The number of nitriles is 1. The number of aromatic nitrogens is 2. The van der Waals surface area contributed by atoms with Crippen molar-refractivity contribution in [1.82, 2.24) is 9.78 Å². The van der Waals surface area contributed by atoms with Gasteiger partial charge in [-0.2, -0.15) is 10.4 Å². The van der Waals surface area contributed by atoms with Crippen molar-refractivity contribution in [3.05, 3.63) is 46.2 Å². The number of nitrogens with zero attached hydrogens (tertiary/aromatic N) is 3. The van der Waals surface area contributed by atoms with Crippen molar-refractivity contribution in [2.75, 3.05) is 0 Å². The molecular weight excluding hydrogens is 222 g/mol. The Kier molecular flexibility index (Phi) is 2.67. The lowest BCUT2D eigenvalue weighted by Crippen LogP contribution is -2.00. The van der Waals surface area contributed by atoms with Gasteiger partial charge in [0.15, 0.2) is 0 Å². The monoisotopic (exact) mass is 231 g/mol. The van der Waals surface area contributed by atoms with Crippen LogP contribution in [0.25, 0.3) is 5.69 Å². The second kappa shape index (κ2) is 3.99. The smallest absolute Gasteiger partial charge is 0.0992 e. The minimum absolute atomic E-state index is 0.533. The molecule has 3 nitrogen and oxygen atoms in total. The molecule has 0 unspecified atom stereocenters. The average Bonchev–Trinajstić information content (AvgIpc) is 2.57. The number of hydrogen-bond acceptors (Lipinski definition) is 2. The molecule has 0 aliphatic heterocycles. The maximum atomic E-state index is 8.75. The molecule has 0 amide bonds. The summed E-state index contributed by atoms with van der Waals surface area (Å²) in [6.45, 7) is 3.90. The zero-order chi connectivity index (χ0) is 11.7. The van der Waals surface area contributed by atoms with Gasteiger partial charge in [-0.15, -0.1) is 0 Å². The van der Waals surface area contributed by atoms with Crippen molar-refractivity contribution in [1.29, 1.82) is 5.26 Å². The average molecular weight is 232 g/mol. The van der Waals surface area contributed by atoms with Gasteiger partial charge >= 0.3 is 0 Å². The predicted octanol–water partition coefficient (Wildman–Crippen LogP) is 3.01. The maximum Gasteiger partial charge on any atom is 0.0992 e. The van der Waals surface area contributed by atoms with E-state index in [1.807, 2.05) is 19.9 Å². The molecule has 0 spiro atoms. The fourth-order valence-electron chi connectivity index (χ4n) is 1.62. The summed E-state index contributed by atoms with van der Waals surface area (Å²) in [6.07, 6.45) is 0. The third kappa shape index (κ3) is 1.80. The van der Waals surface area contributed by atoms with Crippen LogP contribution in [0.2, 0.25) is 5.02 Å². The summed E-state index contributed by atoms with van der Waals surface area (Å²) in [7, 11) is 0. The molecule has 0 aliphatic carbocycles. The lowest BCUT2D eigenvalue weighted by molar-refractivity contribution is 0.833. The number of benzene rings is 1. The number of hydrogen-bond donors (Lipinski definition) is 0. The zero-order valence-electron chi connectivity index (χ0n) is 9.03.